The van der Waals surface area contributed by atoms with Crippen LogP contribution in [0.3, 0.4) is 0 Å². The predicted octanol–water partition coefficient (Wildman–Crippen LogP) is 3.82. The van der Waals surface area contributed by atoms with Crippen molar-refractivity contribution in [1.29, 1.82) is 0 Å². The number of aliphatic imine (C=N–C) groups is 1. The van der Waals surface area contributed by atoms with Crippen LogP contribution >= 0.6 is 0 Å². The summed E-state index contributed by atoms with van der Waals surface area (Å²) in [5.74, 6) is -1.53. The third-order valence-corrected chi connectivity index (χ3v) is 7.47. The molecule has 1 aliphatic rings. The van der Waals surface area contributed by atoms with Crippen LogP contribution in [-0.2, 0) is 25.4 Å². The maximum Gasteiger partial charge on any atom is 0.405 e. The summed E-state index contributed by atoms with van der Waals surface area (Å²) in [7, 11) is 6.71. The van der Waals surface area contributed by atoms with Crippen molar-refractivity contribution in [3.05, 3.63) is 47.1 Å². The van der Waals surface area contributed by atoms with Crippen molar-refractivity contribution in [1.82, 2.24) is 4.90 Å². The van der Waals surface area contributed by atoms with Gasteiger partial charge in [0, 0.05) is 50.1 Å². The Balaban J connectivity index is 2.69. The van der Waals surface area contributed by atoms with Crippen LogP contribution in [0.2, 0.25) is 0 Å². The fraction of sp³-hybridized carbons (Fsp3) is 0.531. The molecular weight excluding hydrogens is 568 g/mol. The van der Waals surface area contributed by atoms with E-state index >= 15 is 0 Å². The van der Waals surface area contributed by atoms with Gasteiger partial charge in [-0.2, -0.15) is 0 Å². The SMILES string of the molecule is COC1C=C/C=C(\C)C(=O)Nc2cc(O)c(N=CCN(C)C)c(c2O)CC(C)CC(OC)C(O)C(C)C=C(C)C1OC(N)=O. The highest BCUT2D eigenvalue weighted by molar-refractivity contribution is 6.04. The van der Waals surface area contributed by atoms with Gasteiger partial charge in [0.25, 0.3) is 5.91 Å². The third kappa shape index (κ3) is 10.2. The molecule has 0 saturated carbocycles. The van der Waals surface area contributed by atoms with Gasteiger partial charge in [0.2, 0.25) is 0 Å². The van der Waals surface area contributed by atoms with Crippen LogP contribution in [0.5, 0.6) is 11.5 Å². The van der Waals surface area contributed by atoms with Gasteiger partial charge in [-0.05, 0) is 52.3 Å². The second-order valence-electron chi connectivity index (χ2n) is 11.5. The predicted molar refractivity (Wildman–Crippen MR) is 170 cm³/mol. The molecule has 2 bridgehead atoms. The summed E-state index contributed by atoms with van der Waals surface area (Å²) in [4.78, 5) is 31.2. The number of aromatic hydroxyl groups is 2. The van der Waals surface area contributed by atoms with Crippen molar-refractivity contribution in [2.45, 2.75) is 65.0 Å². The Hall–Kier alpha value is -3.71. The zero-order valence-electron chi connectivity index (χ0n) is 26.9. The lowest BCUT2D eigenvalue weighted by Crippen LogP contribution is -2.37. The largest absolute Gasteiger partial charge is 0.506 e. The minimum absolute atomic E-state index is 0.0253. The van der Waals surface area contributed by atoms with Crippen LogP contribution in [0.25, 0.3) is 0 Å². The van der Waals surface area contributed by atoms with E-state index in [4.69, 9.17) is 19.9 Å². The van der Waals surface area contributed by atoms with Gasteiger partial charge in [-0.25, -0.2) is 4.79 Å². The maximum absolute atomic E-state index is 13.1. The fourth-order valence-electron chi connectivity index (χ4n) is 5.03. The van der Waals surface area contributed by atoms with E-state index in [2.05, 4.69) is 10.3 Å². The first-order valence-electron chi connectivity index (χ1n) is 14.5. The lowest BCUT2D eigenvalue weighted by Gasteiger charge is -2.29. The number of methoxy groups -OCH3 is 2. The summed E-state index contributed by atoms with van der Waals surface area (Å²) in [5, 5.41) is 36.2. The number of anilines is 1. The van der Waals surface area contributed by atoms with Crippen LogP contribution in [0, 0.1) is 11.8 Å². The number of allylic oxidation sites excluding steroid dienone is 2. The number of amides is 2. The number of rotatable bonds is 6. The first kappa shape index (κ1) is 36.5. The summed E-state index contributed by atoms with van der Waals surface area (Å²) in [5.41, 5.74) is 6.82. The molecule has 6 N–H and O–H groups in total. The smallest absolute Gasteiger partial charge is 0.405 e. The number of aliphatic hydroxyl groups excluding tert-OH is 1. The number of nitrogens with one attached hydrogen (secondary N) is 1. The van der Waals surface area contributed by atoms with Crippen molar-refractivity contribution < 1.29 is 39.1 Å². The number of nitrogens with zero attached hydrogens (tertiary/aromatic N) is 2. The molecule has 244 valence electrons. The average Bonchev–Trinajstić information content (AvgIpc) is 2.95. The van der Waals surface area contributed by atoms with Gasteiger partial charge in [-0.3, -0.25) is 9.79 Å². The average molecular weight is 617 g/mol. The zero-order chi connectivity index (χ0) is 33.1. The van der Waals surface area contributed by atoms with Crippen molar-refractivity contribution in [2.75, 3.05) is 40.2 Å². The molecule has 6 unspecified atom stereocenters. The van der Waals surface area contributed by atoms with Crippen LogP contribution in [0.1, 0.15) is 39.7 Å². The molecule has 0 spiro atoms. The van der Waals surface area contributed by atoms with Gasteiger partial charge in [-0.15, -0.1) is 0 Å². The molecule has 0 fully saturated rings. The van der Waals surface area contributed by atoms with Gasteiger partial charge >= 0.3 is 6.09 Å². The van der Waals surface area contributed by atoms with Gasteiger partial charge < -0.3 is 45.5 Å². The molecule has 0 aromatic heterocycles. The second-order valence-corrected chi connectivity index (χ2v) is 11.5. The van der Waals surface area contributed by atoms with Crippen molar-refractivity contribution in [3.8, 4) is 11.5 Å². The molecule has 6 atom stereocenters. The summed E-state index contributed by atoms with van der Waals surface area (Å²) in [6, 6.07) is 1.26. The Morgan fingerprint density at radius 1 is 1.20 bits per heavy atom. The van der Waals surface area contributed by atoms with E-state index in [0.29, 0.717) is 24.1 Å². The number of aliphatic hydroxyl groups is 1. The van der Waals surface area contributed by atoms with Gasteiger partial charge in [0.1, 0.15) is 23.3 Å². The lowest BCUT2D eigenvalue weighted by molar-refractivity contribution is -0.112. The Labute approximate surface area is 259 Å². The number of phenolic OH excluding ortho intramolecular Hbond substituents is 2. The highest BCUT2D eigenvalue weighted by atomic mass is 16.6. The number of primary amides is 1. The molecule has 0 radical (unpaired) electrons. The monoisotopic (exact) mass is 616 g/mol. The number of fused-ring (bicyclic) bond motifs is 2. The molecule has 1 aromatic carbocycles. The minimum Gasteiger partial charge on any atom is -0.506 e. The molecular formula is C32H48N4O8. The van der Waals surface area contributed by atoms with Crippen LogP contribution < -0.4 is 11.1 Å². The number of hydrogen-bond donors (Lipinski definition) is 5. The van der Waals surface area contributed by atoms with E-state index in [1.54, 1.807) is 38.3 Å². The lowest BCUT2D eigenvalue weighted by atomic mass is 9.87. The molecule has 1 heterocycles. The van der Waals surface area contributed by atoms with Gasteiger partial charge in [0.15, 0.2) is 6.10 Å². The fourth-order valence-corrected chi connectivity index (χ4v) is 5.03. The molecule has 0 aliphatic carbocycles. The van der Waals surface area contributed by atoms with Gasteiger partial charge in [-0.1, -0.05) is 38.2 Å². The Kier molecular flexibility index (Phi) is 14.1. The number of phenols is 2. The van der Waals surface area contributed by atoms with Crippen molar-refractivity contribution in [3.63, 3.8) is 0 Å². The molecule has 1 aliphatic heterocycles. The summed E-state index contributed by atoms with van der Waals surface area (Å²) in [6.07, 6.45) is 4.57. The minimum atomic E-state index is -0.991. The number of benzene rings is 1. The molecule has 44 heavy (non-hydrogen) atoms. The molecule has 2 rings (SSSR count). The molecule has 0 saturated heterocycles. The van der Waals surface area contributed by atoms with E-state index < -0.39 is 42.3 Å². The normalized spacial score (nSPS) is 27.1. The molecule has 2 amide bonds. The second kappa shape index (κ2) is 17.0. The molecule has 1 aromatic rings. The maximum atomic E-state index is 13.1. The van der Waals surface area contributed by atoms with E-state index in [1.165, 1.54) is 26.4 Å². The highest BCUT2D eigenvalue weighted by Gasteiger charge is 2.30. The zero-order valence-corrected chi connectivity index (χ0v) is 26.9. The third-order valence-electron chi connectivity index (χ3n) is 7.47. The van der Waals surface area contributed by atoms with E-state index in [1.807, 2.05) is 32.8 Å². The summed E-state index contributed by atoms with van der Waals surface area (Å²) in [6.45, 7) is 7.59. The van der Waals surface area contributed by atoms with Gasteiger partial charge in [0.05, 0.1) is 17.9 Å². The quantitative estimate of drug-likeness (QED) is 0.138. The van der Waals surface area contributed by atoms with Crippen LogP contribution in [0.4, 0.5) is 16.2 Å². The van der Waals surface area contributed by atoms with E-state index in [0.717, 1.165) is 0 Å². The Morgan fingerprint density at radius 2 is 1.89 bits per heavy atom. The molecule has 12 nitrogen and oxygen atoms in total. The summed E-state index contributed by atoms with van der Waals surface area (Å²) < 4.78 is 16.7. The standard InChI is InChI=1S/C32H48N4O8/c1-18-14-22-27(34-12-13-36(5)6)24(37)17-23(29(22)39)35-31(40)19(2)10-9-11-25(42-7)30(44-32(33)41)21(4)16-20(3)28(38)26(15-18)43-8/h9-12,16-18,20,25-26,28,30,37-39H,13-15H2,1-8H3,(H2,33,41)(H,35,40)/b11-9?,19-10+,21-16?,34-12?. The summed E-state index contributed by atoms with van der Waals surface area (Å²) >= 11 is 0. The van der Waals surface area contributed by atoms with E-state index in [-0.39, 0.29) is 40.8 Å². The van der Waals surface area contributed by atoms with Crippen LogP contribution in [0.15, 0.2) is 46.5 Å². The Morgan fingerprint density at radius 3 is 2.48 bits per heavy atom. The number of hydrogen-bond acceptors (Lipinski definition) is 10. The van der Waals surface area contributed by atoms with Crippen molar-refractivity contribution >= 4 is 29.6 Å². The van der Waals surface area contributed by atoms with E-state index in [9.17, 15) is 24.9 Å². The highest BCUT2D eigenvalue weighted by Crippen LogP contribution is 2.44. The first-order chi connectivity index (χ1) is 20.7. The molecule has 12 heteroatoms. The van der Waals surface area contributed by atoms with Crippen LogP contribution in [-0.4, -0.2) is 97.7 Å². The van der Waals surface area contributed by atoms with Crippen molar-refractivity contribution in [2.24, 2.45) is 22.6 Å². The number of nitrogens with two attached hydrogens (primary N) is 1. The first-order valence-corrected chi connectivity index (χ1v) is 14.5. The number of carbonyl (C=O) groups is 2. The number of ether oxygens (including phenoxy) is 3. The number of carbonyl (C=O) groups excluding carboxylic acids is 2. The Bertz CT molecular complexity index is 1270. The topological polar surface area (TPSA) is 176 Å².